The molecule has 2 aliphatic rings. The third-order valence-electron chi connectivity index (χ3n) is 5.19. The van der Waals surface area contributed by atoms with E-state index in [2.05, 4.69) is 20.8 Å². The number of hydrogen-bond donors (Lipinski definition) is 0. The molecule has 0 aromatic rings. The lowest BCUT2D eigenvalue weighted by Crippen LogP contribution is -2.40. The molecule has 0 amide bonds. The van der Waals surface area contributed by atoms with E-state index in [1.54, 1.807) is 0 Å². The van der Waals surface area contributed by atoms with Crippen LogP contribution in [0.3, 0.4) is 0 Å². The van der Waals surface area contributed by atoms with E-state index in [9.17, 15) is 4.79 Å². The Morgan fingerprint density at radius 3 is 2.24 bits per heavy atom. The van der Waals surface area contributed by atoms with Crippen molar-refractivity contribution < 1.29 is 9.53 Å². The van der Waals surface area contributed by atoms with Crippen molar-refractivity contribution in [3.63, 3.8) is 0 Å². The molecule has 0 unspecified atom stereocenters. The van der Waals surface area contributed by atoms with Crippen LogP contribution in [0.4, 0.5) is 0 Å². The van der Waals surface area contributed by atoms with Crippen molar-refractivity contribution in [1.82, 2.24) is 0 Å². The van der Waals surface area contributed by atoms with E-state index in [0.29, 0.717) is 5.92 Å². The Morgan fingerprint density at radius 2 is 1.88 bits per heavy atom. The highest BCUT2D eigenvalue weighted by molar-refractivity contribution is 6.75. The molecule has 0 aromatic carbocycles. The second-order valence-corrected chi connectivity index (χ2v) is 8.28. The summed E-state index contributed by atoms with van der Waals surface area (Å²) in [7, 11) is 0. The summed E-state index contributed by atoms with van der Waals surface area (Å²) in [5, 5.41) is 0. The highest BCUT2D eigenvalue weighted by Crippen LogP contribution is 2.66. The van der Waals surface area contributed by atoms with Crippen LogP contribution in [0.1, 0.15) is 40.0 Å². The number of carbonyl (C=O) groups excluding carboxylic acids is 1. The van der Waals surface area contributed by atoms with E-state index in [4.69, 9.17) is 39.5 Å². The first-order valence-corrected chi connectivity index (χ1v) is 7.00. The van der Waals surface area contributed by atoms with Gasteiger partial charge in [0, 0.05) is 5.41 Å². The Balaban J connectivity index is 2.14. The normalized spacial score (nSPS) is 39.4. The molecule has 98 valence electrons. The molecule has 0 heterocycles. The van der Waals surface area contributed by atoms with Gasteiger partial charge in [0.15, 0.2) is 0 Å². The van der Waals surface area contributed by atoms with Crippen molar-refractivity contribution in [2.45, 2.75) is 49.9 Å². The Bertz CT molecular complexity index is 348. The van der Waals surface area contributed by atoms with Gasteiger partial charge in [0.1, 0.15) is 6.10 Å². The van der Waals surface area contributed by atoms with Gasteiger partial charge in [-0.3, -0.25) is 0 Å². The Labute approximate surface area is 117 Å². The quantitative estimate of drug-likeness (QED) is 0.538. The fraction of sp³-hybridized carbons (Fsp3) is 0.917. The molecule has 2 nitrogen and oxygen atoms in total. The zero-order valence-corrected chi connectivity index (χ0v) is 12.5. The second-order valence-electron chi connectivity index (χ2n) is 6.00. The van der Waals surface area contributed by atoms with Crippen molar-refractivity contribution in [1.29, 1.82) is 0 Å². The lowest BCUT2D eigenvalue weighted by molar-refractivity contribution is -0.155. The average Bonchev–Trinajstić information content (AvgIpc) is 2.49. The van der Waals surface area contributed by atoms with Crippen LogP contribution in [0, 0.1) is 16.7 Å². The van der Waals surface area contributed by atoms with Crippen LogP contribution in [0.15, 0.2) is 0 Å². The van der Waals surface area contributed by atoms with Crippen LogP contribution in [-0.4, -0.2) is 15.9 Å². The van der Waals surface area contributed by atoms with Gasteiger partial charge in [-0.05, 0) is 30.6 Å². The molecule has 0 N–H and O–H groups in total. The van der Waals surface area contributed by atoms with Gasteiger partial charge in [-0.25, -0.2) is 4.79 Å². The number of ether oxygens (including phenoxy) is 1. The molecule has 0 saturated heterocycles. The summed E-state index contributed by atoms with van der Waals surface area (Å²) in [5.41, 5.74) is 0.189. The summed E-state index contributed by atoms with van der Waals surface area (Å²) >= 11 is 16.6. The summed E-state index contributed by atoms with van der Waals surface area (Å²) in [5.74, 6) is -0.155. The van der Waals surface area contributed by atoms with E-state index in [0.717, 1.165) is 12.8 Å². The summed E-state index contributed by atoms with van der Waals surface area (Å²) in [6.07, 6.45) is 3.03. The van der Waals surface area contributed by atoms with E-state index in [1.165, 1.54) is 6.42 Å². The minimum Gasteiger partial charge on any atom is -0.459 e. The van der Waals surface area contributed by atoms with E-state index >= 15 is 0 Å². The van der Waals surface area contributed by atoms with Crippen LogP contribution in [0.2, 0.25) is 0 Å². The molecule has 2 rings (SSSR count). The fourth-order valence-corrected chi connectivity index (χ4v) is 3.64. The third-order valence-corrected chi connectivity index (χ3v) is 5.66. The molecule has 2 fully saturated rings. The first-order chi connectivity index (χ1) is 7.59. The van der Waals surface area contributed by atoms with Crippen molar-refractivity contribution in [2.75, 3.05) is 0 Å². The van der Waals surface area contributed by atoms with Gasteiger partial charge in [-0.15, -0.1) is 0 Å². The standard InChI is InChI=1S/C12H17Cl3O2/c1-10(2)7-4-5-11(10,3)8(6-7)17-9(16)12(13,14)15/h7-8H,4-6H2,1-3H3/t7-,8-,11-/m1/s1. The molecular formula is C12H17Cl3O2. The van der Waals surface area contributed by atoms with Crippen LogP contribution >= 0.6 is 34.8 Å². The molecule has 2 saturated carbocycles. The zero-order valence-electron chi connectivity index (χ0n) is 10.2. The maximum atomic E-state index is 11.6. The highest BCUT2D eigenvalue weighted by atomic mass is 35.6. The van der Waals surface area contributed by atoms with Crippen molar-refractivity contribution in [3.8, 4) is 0 Å². The van der Waals surface area contributed by atoms with Gasteiger partial charge < -0.3 is 4.74 Å². The molecule has 0 radical (unpaired) electrons. The minimum atomic E-state index is -1.97. The van der Waals surface area contributed by atoms with Crippen LogP contribution in [-0.2, 0) is 9.53 Å². The maximum Gasteiger partial charge on any atom is 0.358 e. The molecule has 0 aromatic heterocycles. The molecule has 17 heavy (non-hydrogen) atoms. The number of esters is 1. The Hall–Kier alpha value is 0.340. The summed E-state index contributed by atoms with van der Waals surface area (Å²) in [6, 6.07) is 0. The molecule has 3 atom stereocenters. The number of alkyl halides is 3. The monoisotopic (exact) mass is 298 g/mol. The summed E-state index contributed by atoms with van der Waals surface area (Å²) in [4.78, 5) is 11.6. The fourth-order valence-electron chi connectivity index (χ4n) is 3.50. The highest BCUT2D eigenvalue weighted by Gasteiger charge is 2.63. The lowest BCUT2D eigenvalue weighted by Gasteiger charge is -2.38. The first-order valence-electron chi connectivity index (χ1n) is 5.87. The van der Waals surface area contributed by atoms with Crippen LogP contribution in [0.25, 0.3) is 0 Å². The largest absolute Gasteiger partial charge is 0.459 e. The Morgan fingerprint density at radius 1 is 1.29 bits per heavy atom. The van der Waals surface area contributed by atoms with Gasteiger partial charge in [-0.1, -0.05) is 55.6 Å². The predicted molar refractivity (Wildman–Crippen MR) is 69.4 cm³/mol. The van der Waals surface area contributed by atoms with Crippen molar-refractivity contribution in [3.05, 3.63) is 0 Å². The third kappa shape index (κ3) is 1.97. The van der Waals surface area contributed by atoms with E-state index in [-0.39, 0.29) is 16.9 Å². The van der Waals surface area contributed by atoms with Gasteiger partial charge in [-0.2, -0.15) is 0 Å². The van der Waals surface area contributed by atoms with Crippen molar-refractivity contribution in [2.24, 2.45) is 16.7 Å². The first kappa shape index (κ1) is 13.8. The van der Waals surface area contributed by atoms with Crippen molar-refractivity contribution >= 4 is 40.8 Å². The second kappa shape index (κ2) is 3.91. The molecule has 0 aliphatic heterocycles. The number of fused-ring (bicyclic) bond motifs is 2. The van der Waals surface area contributed by atoms with Gasteiger partial charge in [0.2, 0.25) is 0 Å². The average molecular weight is 300 g/mol. The smallest absolute Gasteiger partial charge is 0.358 e. The molecular weight excluding hydrogens is 282 g/mol. The maximum absolute atomic E-state index is 11.6. The summed E-state index contributed by atoms with van der Waals surface area (Å²) < 4.78 is 3.44. The molecule has 5 heteroatoms. The van der Waals surface area contributed by atoms with Gasteiger partial charge in [0.05, 0.1) is 0 Å². The lowest BCUT2D eigenvalue weighted by atomic mass is 9.70. The SMILES string of the molecule is CC1(C)[C@@H]2CC[C@]1(C)[C@H](OC(=O)C(Cl)(Cl)Cl)C2. The Kier molecular flexibility index (Phi) is 3.17. The molecule has 0 spiro atoms. The van der Waals surface area contributed by atoms with E-state index < -0.39 is 9.76 Å². The minimum absolute atomic E-state index is 0.00322. The van der Waals surface area contributed by atoms with Crippen LogP contribution < -0.4 is 0 Å². The number of carbonyl (C=O) groups is 1. The summed E-state index contributed by atoms with van der Waals surface area (Å²) in [6.45, 7) is 6.66. The topological polar surface area (TPSA) is 26.3 Å². The molecule has 2 bridgehead atoms. The number of hydrogen-bond acceptors (Lipinski definition) is 2. The number of rotatable bonds is 1. The van der Waals surface area contributed by atoms with Crippen LogP contribution in [0.5, 0.6) is 0 Å². The zero-order chi connectivity index (χ0) is 13.1. The predicted octanol–water partition coefficient (Wildman–Crippen LogP) is 4.11. The van der Waals surface area contributed by atoms with Gasteiger partial charge >= 0.3 is 5.97 Å². The van der Waals surface area contributed by atoms with E-state index in [1.807, 2.05) is 0 Å². The van der Waals surface area contributed by atoms with Gasteiger partial charge in [0.25, 0.3) is 3.79 Å². The molecule has 2 aliphatic carbocycles. The number of halogens is 3.